The van der Waals surface area contributed by atoms with E-state index in [1.54, 1.807) is 0 Å². The second-order valence-corrected chi connectivity index (χ2v) is 8.76. The summed E-state index contributed by atoms with van der Waals surface area (Å²) in [5.41, 5.74) is 5.67. The number of carboxylic acids is 1. The van der Waals surface area contributed by atoms with E-state index in [1.165, 1.54) is 6.08 Å². The third-order valence-corrected chi connectivity index (χ3v) is 6.02. The van der Waals surface area contributed by atoms with Gasteiger partial charge >= 0.3 is 13.6 Å². The number of hydrogen-bond donors (Lipinski definition) is 6. The molecule has 0 aromatic carbocycles. The normalized spacial score (nSPS) is 38.0. The smallest absolute Gasteiger partial charge is 0.339 e. The molecule has 7 N–H and O–H groups in total. The molecule has 0 aromatic heterocycles. The van der Waals surface area contributed by atoms with Gasteiger partial charge in [-0.25, -0.2) is 0 Å². The zero-order valence-corrected chi connectivity index (χ0v) is 15.7. The van der Waals surface area contributed by atoms with Crippen LogP contribution in [0, 0.1) is 5.92 Å². The lowest BCUT2D eigenvalue weighted by molar-refractivity contribution is -0.134. The second kappa shape index (κ2) is 7.96. The Morgan fingerprint density at radius 2 is 2.08 bits per heavy atom. The van der Waals surface area contributed by atoms with Crippen LogP contribution in [-0.2, 0) is 23.4 Å². The standard InChI is InChI=1S/C12H18IN2O9P/c13-5-1-4(12(20)15-11(5)14)10-9(19)8(18)6(24-10)2-23-25(21,22)3-7(16)17/h1,4,6,8-11,18-19H,2-3,14H2,(H,15,20)(H,16,17)(H,21,22). The average Bonchev–Trinajstić information content (AvgIpc) is 2.76. The van der Waals surface area contributed by atoms with E-state index in [1.807, 2.05) is 22.6 Å². The van der Waals surface area contributed by atoms with E-state index < -0.39 is 68.7 Å². The van der Waals surface area contributed by atoms with Crippen LogP contribution in [0.3, 0.4) is 0 Å². The molecule has 1 amide bonds. The van der Waals surface area contributed by atoms with Gasteiger partial charge in [0.25, 0.3) is 0 Å². The topological polar surface area (TPSA) is 189 Å². The molecular weight excluding hydrogens is 474 g/mol. The number of aliphatic hydroxyl groups excluding tert-OH is 2. The number of hydrogen-bond acceptors (Lipinski definition) is 8. The first kappa shape index (κ1) is 20.7. The first-order chi connectivity index (χ1) is 11.5. The highest BCUT2D eigenvalue weighted by Gasteiger charge is 2.49. The summed E-state index contributed by atoms with van der Waals surface area (Å²) in [6, 6.07) is 0. The van der Waals surface area contributed by atoms with Crippen LogP contribution < -0.4 is 11.1 Å². The molecule has 0 aliphatic carbocycles. The molecule has 7 atom stereocenters. The van der Waals surface area contributed by atoms with Gasteiger partial charge in [0.05, 0.1) is 12.5 Å². The van der Waals surface area contributed by atoms with E-state index >= 15 is 0 Å². The second-order valence-electron chi connectivity index (χ2n) is 5.67. The summed E-state index contributed by atoms with van der Waals surface area (Å²) in [6.07, 6.45) is -5.51. The maximum Gasteiger partial charge on any atom is 0.339 e. The number of carbonyl (C=O) groups excluding carboxylic acids is 1. The Kier molecular flexibility index (Phi) is 6.60. The number of ether oxygens (including phenoxy) is 1. The van der Waals surface area contributed by atoms with E-state index in [0.29, 0.717) is 3.58 Å². The number of amides is 1. The fourth-order valence-corrected chi connectivity index (χ4v) is 3.89. The number of rotatable bonds is 6. The fraction of sp³-hybridized carbons (Fsp3) is 0.667. The molecule has 7 unspecified atom stereocenters. The van der Waals surface area contributed by atoms with Crippen molar-refractivity contribution in [1.82, 2.24) is 5.32 Å². The third-order valence-electron chi connectivity index (χ3n) is 3.77. The number of aliphatic hydroxyl groups is 2. The summed E-state index contributed by atoms with van der Waals surface area (Å²) in [5, 5.41) is 31.2. The van der Waals surface area contributed by atoms with E-state index in [4.69, 9.17) is 15.6 Å². The van der Waals surface area contributed by atoms with E-state index in [-0.39, 0.29) is 0 Å². The van der Waals surface area contributed by atoms with Gasteiger partial charge in [-0.3, -0.25) is 14.2 Å². The van der Waals surface area contributed by atoms with Crippen molar-refractivity contribution in [2.75, 3.05) is 12.8 Å². The molecule has 0 aromatic rings. The first-order valence-electron chi connectivity index (χ1n) is 7.15. The minimum absolute atomic E-state index is 0.496. The van der Waals surface area contributed by atoms with Gasteiger partial charge in [0.2, 0.25) is 5.91 Å². The molecule has 2 aliphatic rings. The van der Waals surface area contributed by atoms with Crippen LogP contribution in [0.4, 0.5) is 0 Å². The summed E-state index contributed by atoms with van der Waals surface area (Å²) in [7, 11) is -4.41. The van der Waals surface area contributed by atoms with Crippen LogP contribution in [0.1, 0.15) is 0 Å². The van der Waals surface area contributed by atoms with Crippen molar-refractivity contribution >= 4 is 42.1 Å². The molecule has 25 heavy (non-hydrogen) atoms. The van der Waals surface area contributed by atoms with Crippen molar-refractivity contribution in [1.29, 1.82) is 0 Å². The minimum atomic E-state index is -4.41. The molecule has 0 saturated carbocycles. The summed E-state index contributed by atoms with van der Waals surface area (Å²) in [6.45, 7) is -0.621. The minimum Gasteiger partial charge on any atom is -0.481 e. The van der Waals surface area contributed by atoms with Gasteiger partial charge in [0.1, 0.15) is 36.7 Å². The molecule has 2 rings (SSSR count). The maximum absolute atomic E-state index is 12.0. The molecule has 0 bridgehead atoms. The van der Waals surface area contributed by atoms with E-state index in [2.05, 4.69) is 9.84 Å². The van der Waals surface area contributed by atoms with Gasteiger partial charge in [-0.15, -0.1) is 0 Å². The van der Waals surface area contributed by atoms with Crippen LogP contribution in [-0.4, -0.2) is 75.4 Å². The quantitative estimate of drug-likeness (QED) is 0.181. The number of aliphatic carboxylic acids is 1. The van der Waals surface area contributed by atoms with E-state index in [0.717, 1.165) is 0 Å². The Hall–Kier alpha value is -0.600. The molecule has 1 saturated heterocycles. The van der Waals surface area contributed by atoms with Gasteiger partial charge in [-0.1, -0.05) is 6.08 Å². The molecule has 2 aliphatic heterocycles. The van der Waals surface area contributed by atoms with Crippen molar-refractivity contribution < 1.29 is 43.6 Å². The Balaban J connectivity index is 2.04. The van der Waals surface area contributed by atoms with Crippen molar-refractivity contribution in [3.8, 4) is 0 Å². The lowest BCUT2D eigenvalue weighted by Crippen LogP contribution is -2.52. The number of nitrogens with one attached hydrogen (secondary N) is 1. The lowest BCUT2D eigenvalue weighted by atomic mass is 9.93. The van der Waals surface area contributed by atoms with E-state index in [9.17, 15) is 29.3 Å². The lowest BCUT2D eigenvalue weighted by Gasteiger charge is -2.29. The van der Waals surface area contributed by atoms with Crippen molar-refractivity contribution in [2.24, 2.45) is 11.7 Å². The molecule has 11 nitrogen and oxygen atoms in total. The van der Waals surface area contributed by atoms with Crippen molar-refractivity contribution in [3.05, 3.63) is 9.66 Å². The largest absolute Gasteiger partial charge is 0.481 e. The fourth-order valence-electron chi connectivity index (χ4n) is 2.53. The average molecular weight is 492 g/mol. The molecule has 1 fully saturated rings. The SMILES string of the molecule is NC1NC(=O)C(C2OC(COP(=O)(O)CC(=O)O)C(O)C2O)C=C1I. The maximum atomic E-state index is 12.0. The highest BCUT2D eigenvalue weighted by atomic mass is 127. The summed E-state index contributed by atoms with van der Waals surface area (Å²) in [5.74, 6) is -2.93. The van der Waals surface area contributed by atoms with Crippen molar-refractivity contribution in [3.63, 3.8) is 0 Å². The van der Waals surface area contributed by atoms with Gasteiger partial charge < -0.3 is 40.5 Å². The zero-order chi connectivity index (χ0) is 18.9. The zero-order valence-electron chi connectivity index (χ0n) is 12.7. The number of carbonyl (C=O) groups is 2. The number of nitrogens with two attached hydrogens (primary N) is 1. The summed E-state index contributed by atoms with van der Waals surface area (Å²) >= 11 is 1.92. The number of carboxylic acid groups (broad SMARTS) is 1. The Bertz CT molecular complexity index is 630. The highest BCUT2D eigenvalue weighted by Crippen LogP contribution is 2.42. The third kappa shape index (κ3) is 4.98. The molecule has 2 heterocycles. The predicted molar refractivity (Wildman–Crippen MR) is 90.7 cm³/mol. The van der Waals surface area contributed by atoms with Crippen LogP contribution in [0.15, 0.2) is 9.66 Å². The number of halogens is 1. The molecule has 13 heteroatoms. The van der Waals surface area contributed by atoms with Gasteiger partial charge in [-0.05, 0) is 22.6 Å². The Morgan fingerprint density at radius 3 is 2.68 bits per heavy atom. The van der Waals surface area contributed by atoms with Gasteiger partial charge in [0.15, 0.2) is 0 Å². The highest BCUT2D eigenvalue weighted by molar-refractivity contribution is 14.1. The van der Waals surface area contributed by atoms with Gasteiger partial charge in [-0.2, -0.15) is 0 Å². The monoisotopic (exact) mass is 492 g/mol. The van der Waals surface area contributed by atoms with Crippen molar-refractivity contribution in [2.45, 2.75) is 30.6 Å². The predicted octanol–water partition coefficient (Wildman–Crippen LogP) is -1.89. The Morgan fingerprint density at radius 1 is 1.44 bits per heavy atom. The van der Waals surface area contributed by atoms with Gasteiger partial charge in [0, 0.05) is 3.58 Å². The summed E-state index contributed by atoms with van der Waals surface area (Å²) in [4.78, 5) is 31.9. The molecular formula is C12H18IN2O9P. The van der Waals surface area contributed by atoms with Crippen LogP contribution in [0.5, 0.6) is 0 Å². The molecule has 142 valence electrons. The van der Waals surface area contributed by atoms with Crippen LogP contribution in [0.2, 0.25) is 0 Å². The first-order valence-corrected chi connectivity index (χ1v) is 9.99. The molecule has 0 spiro atoms. The summed E-state index contributed by atoms with van der Waals surface area (Å²) < 4.78 is 22.2. The van der Waals surface area contributed by atoms with Crippen LogP contribution >= 0.6 is 30.2 Å². The molecule has 0 radical (unpaired) electrons. The van der Waals surface area contributed by atoms with Crippen LogP contribution in [0.25, 0.3) is 0 Å². The Labute approximate surface area is 155 Å².